The maximum absolute atomic E-state index is 6.40. The van der Waals surface area contributed by atoms with E-state index in [4.69, 9.17) is 11.2 Å². The lowest BCUT2D eigenvalue weighted by Crippen LogP contribution is -2.18. The van der Waals surface area contributed by atoms with Crippen LogP contribution < -0.4 is 0 Å². The summed E-state index contributed by atoms with van der Waals surface area (Å²) in [7, 11) is 0. The molecule has 0 aliphatic heterocycles. The zero-order valence-electron chi connectivity index (χ0n) is 4.11. The largest absolute Gasteiger partial charge is 0.443 e. The molecule has 1 radical (unpaired) electrons. The van der Waals surface area contributed by atoms with Gasteiger partial charge in [0.25, 0.3) is 0 Å². The van der Waals surface area contributed by atoms with E-state index in [-0.39, 0.29) is 0 Å². The van der Waals surface area contributed by atoms with Crippen molar-refractivity contribution in [2.75, 3.05) is 0 Å². The molecule has 37 valence electrons. The van der Waals surface area contributed by atoms with Crippen LogP contribution in [0.2, 0.25) is 0 Å². The molecule has 0 spiro atoms. The highest BCUT2D eigenvalue weighted by atomic mass is 16.5. The van der Waals surface area contributed by atoms with Crippen molar-refractivity contribution >= 4 is 0 Å². The quantitative estimate of drug-likeness (QED) is 0.443. The van der Waals surface area contributed by atoms with Crippen LogP contribution in [0.4, 0.5) is 0 Å². The molecule has 0 bridgehead atoms. The summed E-state index contributed by atoms with van der Waals surface area (Å²) in [6.45, 7) is 0. The van der Waals surface area contributed by atoms with Crippen LogP contribution in [0.1, 0.15) is 19.3 Å². The van der Waals surface area contributed by atoms with Crippen molar-refractivity contribution in [2.24, 2.45) is 0 Å². The van der Waals surface area contributed by atoms with Gasteiger partial charge >= 0.3 is 0 Å². The van der Waals surface area contributed by atoms with E-state index >= 15 is 0 Å². The first-order valence-corrected chi connectivity index (χ1v) is 2.51. The third-order valence-corrected chi connectivity index (χ3v) is 1.28. The van der Waals surface area contributed by atoms with Gasteiger partial charge < -0.3 is 4.74 Å². The molecule has 0 heterocycles. The van der Waals surface area contributed by atoms with Crippen LogP contribution >= 0.6 is 0 Å². The smallest absolute Gasteiger partial charge is 0.125 e. The maximum atomic E-state index is 6.40. The van der Waals surface area contributed by atoms with Gasteiger partial charge in [-0.25, -0.2) is 0 Å². The minimum atomic E-state index is 0.331. The molecule has 7 heavy (non-hydrogen) atoms. The van der Waals surface area contributed by atoms with E-state index in [0.29, 0.717) is 6.10 Å². The Bertz CT molecular complexity index is 86.8. The Morgan fingerprint density at radius 3 is 2.43 bits per heavy atom. The summed E-state index contributed by atoms with van der Waals surface area (Å²) in [4.78, 5) is 0. The molecule has 1 aliphatic rings. The van der Waals surface area contributed by atoms with Gasteiger partial charge in [0.2, 0.25) is 0 Å². The molecular formula is C6H7O. The lowest BCUT2D eigenvalue weighted by Gasteiger charge is -2.21. The molecule has 0 aromatic carbocycles. The van der Waals surface area contributed by atoms with Crippen LogP contribution in [-0.2, 0) is 4.74 Å². The molecule has 0 unspecified atom stereocenters. The third-order valence-electron chi connectivity index (χ3n) is 1.28. The first-order chi connectivity index (χ1) is 3.43. The van der Waals surface area contributed by atoms with E-state index in [2.05, 4.69) is 0 Å². The summed E-state index contributed by atoms with van der Waals surface area (Å²) in [6, 6.07) is 0. The van der Waals surface area contributed by atoms with Crippen LogP contribution in [0.3, 0.4) is 0 Å². The van der Waals surface area contributed by atoms with Crippen molar-refractivity contribution in [1.29, 1.82) is 0 Å². The van der Waals surface area contributed by atoms with Crippen molar-refractivity contribution in [3.63, 3.8) is 0 Å². The van der Waals surface area contributed by atoms with Gasteiger partial charge in [-0.3, -0.25) is 0 Å². The predicted octanol–water partition coefficient (Wildman–Crippen LogP) is 1.10. The Morgan fingerprint density at radius 2 is 2.29 bits per heavy atom. The number of hydrogen-bond acceptors (Lipinski definition) is 1. The Hall–Kier alpha value is -0.640. The first-order valence-electron chi connectivity index (χ1n) is 2.51. The molecule has 0 N–H and O–H groups in total. The summed E-state index contributed by atoms with van der Waals surface area (Å²) in [6.07, 6.45) is 12.1. The second-order valence-corrected chi connectivity index (χ2v) is 1.77. The van der Waals surface area contributed by atoms with E-state index in [9.17, 15) is 0 Å². The summed E-state index contributed by atoms with van der Waals surface area (Å²) < 4.78 is 4.69. The minimum Gasteiger partial charge on any atom is -0.443 e. The molecule has 0 amide bonds. The van der Waals surface area contributed by atoms with Crippen LogP contribution in [0, 0.1) is 12.5 Å². The predicted molar refractivity (Wildman–Crippen MR) is 25.9 cm³/mol. The lowest BCUT2D eigenvalue weighted by atomic mass is 9.96. The summed E-state index contributed by atoms with van der Waals surface area (Å²) in [5.74, 6) is 0. The monoisotopic (exact) mass is 95.0 g/mol. The van der Waals surface area contributed by atoms with Gasteiger partial charge in [0.15, 0.2) is 0 Å². The van der Waals surface area contributed by atoms with Crippen LogP contribution in [-0.4, -0.2) is 6.10 Å². The van der Waals surface area contributed by atoms with E-state index in [1.807, 2.05) is 6.11 Å². The molecule has 0 aromatic heterocycles. The lowest BCUT2D eigenvalue weighted by molar-refractivity contribution is 0.0904. The third kappa shape index (κ3) is 0.866. The van der Waals surface area contributed by atoms with Crippen molar-refractivity contribution in [1.82, 2.24) is 0 Å². The first kappa shape index (κ1) is 4.52. The molecule has 1 rings (SSSR count). The minimum absolute atomic E-state index is 0.331. The molecule has 1 heteroatoms. The standard InChI is InChI=1S/C6H7O/c1-2-7-6-4-3-5-6/h6H,3-5H2. The summed E-state index contributed by atoms with van der Waals surface area (Å²) >= 11 is 0. The van der Waals surface area contributed by atoms with Crippen molar-refractivity contribution in [3.05, 3.63) is 6.42 Å². The second kappa shape index (κ2) is 1.88. The Kier molecular flexibility index (Phi) is 1.21. The average Bonchev–Trinajstić information content (AvgIpc) is 1.55. The SMILES string of the molecule is [C]#COC1CCC1. The van der Waals surface area contributed by atoms with Crippen LogP contribution in [0.15, 0.2) is 0 Å². The Balaban J connectivity index is 2.06. The fourth-order valence-corrected chi connectivity index (χ4v) is 0.572. The fourth-order valence-electron chi connectivity index (χ4n) is 0.572. The maximum Gasteiger partial charge on any atom is 0.125 e. The van der Waals surface area contributed by atoms with E-state index in [1.165, 1.54) is 6.42 Å². The van der Waals surface area contributed by atoms with Crippen molar-refractivity contribution in [3.8, 4) is 6.11 Å². The van der Waals surface area contributed by atoms with Gasteiger partial charge in [-0.2, -0.15) is 0 Å². The number of rotatable bonds is 1. The van der Waals surface area contributed by atoms with Gasteiger partial charge in [0, 0.05) is 6.42 Å². The van der Waals surface area contributed by atoms with Crippen molar-refractivity contribution in [2.45, 2.75) is 25.4 Å². The molecular weight excluding hydrogens is 88.1 g/mol. The zero-order chi connectivity index (χ0) is 5.11. The summed E-state index contributed by atoms with van der Waals surface area (Å²) in [5, 5.41) is 0. The van der Waals surface area contributed by atoms with E-state index in [0.717, 1.165) is 12.8 Å². The average molecular weight is 95.1 g/mol. The molecule has 1 nitrogen and oxygen atoms in total. The van der Waals surface area contributed by atoms with Gasteiger partial charge in [-0.15, -0.1) is 0 Å². The van der Waals surface area contributed by atoms with Crippen LogP contribution in [0.5, 0.6) is 0 Å². The molecule has 0 atom stereocenters. The van der Waals surface area contributed by atoms with Crippen LogP contribution in [0.25, 0.3) is 0 Å². The molecule has 1 fully saturated rings. The second-order valence-electron chi connectivity index (χ2n) is 1.77. The fraction of sp³-hybridized carbons (Fsp3) is 0.667. The van der Waals surface area contributed by atoms with Gasteiger partial charge in [-0.1, -0.05) is 0 Å². The molecule has 1 aliphatic carbocycles. The highest BCUT2D eigenvalue weighted by Crippen LogP contribution is 2.20. The topological polar surface area (TPSA) is 9.23 Å². The van der Waals surface area contributed by atoms with Gasteiger partial charge in [-0.05, 0) is 19.3 Å². The van der Waals surface area contributed by atoms with Crippen molar-refractivity contribution < 1.29 is 4.74 Å². The normalized spacial score (nSPS) is 19.9. The highest BCUT2D eigenvalue weighted by molar-refractivity contribution is 4.73. The van der Waals surface area contributed by atoms with Gasteiger partial charge in [0.05, 0.1) is 0 Å². The highest BCUT2D eigenvalue weighted by Gasteiger charge is 2.17. The van der Waals surface area contributed by atoms with E-state index in [1.54, 1.807) is 0 Å². The summed E-state index contributed by atoms with van der Waals surface area (Å²) in [5.41, 5.74) is 0. The Labute approximate surface area is 43.7 Å². The Morgan fingerprint density at radius 1 is 1.57 bits per heavy atom. The molecule has 0 aromatic rings. The molecule has 0 saturated heterocycles. The zero-order valence-corrected chi connectivity index (χ0v) is 4.11. The number of ether oxygens (including phenoxy) is 1. The van der Waals surface area contributed by atoms with Gasteiger partial charge in [0.1, 0.15) is 12.2 Å². The molecule has 1 saturated carbocycles. The number of hydrogen-bond donors (Lipinski definition) is 0. The van der Waals surface area contributed by atoms with E-state index < -0.39 is 0 Å².